The first-order valence-electron chi connectivity index (χ1n) is 35.3. The SMILES string of the molecule is CC(C)CCC[C@@H](C)[C@H]1CC[C@H]2[C@@H]3CC=C4C[C@@H](OCC[N+](C)(C)CCCCCCCCCCCC[N+](C)(C)CCO[C@H]5CC[C@@]6(C)C(=CC[C@H]7[C@@H]8CC[C@H]([C@H](C)CCCC(C)C)[C@@]8(C)CC[C@@H]76)C5)CC[C@]4(C)[C@H]3CC[C@]12C.[Br-].[Br-]. The summed E-state index contributed by atoms with van der Waals surface area (Å²) in [6, 6.07) is 0. The van der Waals surface area contributed by atoms with Crippen molar-refractivity contribution in [3.8, 4) is 0 Å². The fourth-order valence-corrected chi connectivity index (χ4v) is 21.2. The lowest BCUT2D eigenvalue weighted by molar-refractivity contribution is -0.891. The molecule has 0 heterocycles. The summed E-state index contributed by atoms with van der Waals surface area (Å²) in [7, 11) is 9.80. The number of quaternary nitrogens is 2. The van der Waals surface area contributed by atoms with Crippen molar-refractivity contribution in [3.05, 3.63) is 23.3 Å². The van der Waals surface area contributed by atoms with Gasteiger partial charge in [-0.3, -0.25) is 0 Å². The van der Waals surface area contributed by atoms with E-state index in [2.05, 4.69) is 110 Å². The number of allylic oxidation sites excluding steroid dienone is 2. The van der Waals surface area contributed by atoms with Gasteiger partial charge in [0.1, 0.15) is 13.1 Å². The number of halogens is 2. The largest absolute Gasteiger partial charge is 1.00 e. The van der Waals surface area contributed by atoms with E-state index in [1.54, 1.807) is 11.1 Å². The van der Waals surface area contributed by atoms with Crippen LogP contribution < -0.4 is 34.0 Å². The maximum Gasteiger partial charge on any atom is 0.102 e. The molecular weight excluding hydrogens is 1110 g/mol. The van der Waals surface area contributed by atoms with Crippen molar-refractivity contribution in [1.82, 2.24) is 0 Å². The number of hydrogen-bond acceptors (Lipinski definition) is 2. The van der Waals surface area contributed by atoms with Crippen LogP contribution in [-0.4, -0.2) is 88.8 Å². The van der Waals surface area contributed by atoms with Gasteiger partial charge in [-0.05, 0) is 221 Å². The van der Waals surface area contributed by atoms with Crippen LogP contribution in [0.4, 0.5) is 0 Å². The third kappa shape index (κ3) is 16.7. The van der Waals surface area contributed by atoms with Gasteiger partial charge in [-0.1, -0.05) is 170 Å². The zero-order valence-electron chi connectivity index (χ0n) is 55.6. The summed E-state index contributed by atoms with van der Waals surface area (Å²) in [5, 5.41) is 0. The predicted octanol–water partition coefficient (Wildman–Crippen LogP) is 13.9. The second kappa shape index (κ2) is 30.5. The maximum absolute atomic E-state index is 6.77. The van der Waals surface area contributed by atoms with Crippen LogP contribution in [0.15, 0.2) is 23.3 Å². The zero-order valence-corrected chi connectivity index (χ0v) is 58.7. The van der Waals surface area contributed by atoms with E-state index in [9.17, 15) is 0 Å². The molecule has 0 saturated heterocycles. The van der Waals surface area contributed by atoms with Gasteiger partial charge >= 0.3 is 0 Å². The lowest BCUT2D eigenvalue weighted by atomic mass is 9.47. The molecule has 8 aliphatic rings. The van der Waals surface area contributed by atoms with Crippen molar-refractivity contribution in [2.75, 3.05) is 67.6 Å². The highest BCUT2D eigenvalue weighted by molar-refractivity contribution is 5.27. The van der Waals surface area contributed by atoms with Gasteiger partial charge in [0.25, 0.3) is 0 Å². The molecule has 466 valence electrons. The first-order chi connectivity index (χ1) is 37.1. The summed E-state index contributed by atoms with van der Waals surface area (Å²) in [5.74, 6) is 11.0. The topological polar surface area (TPSA) is 18.5 Å². The maximum atomic E-state index is 6.77. The predicted molar refractivity (Wildman–Crippen MR) is 335 cm³/mol. The van der Waals surface area contributed by atoms with Gasteiger partial charge in [-0.15, -0.1) is 0 Å². The molecule has 0 aromatic heterocycles. The molecule has 6 fully saturated rings. The molecule has 16 atom stereocenters. The summed E-state index contributed by atoms with van der Waals surface area (Å²) < 4.78 is 15.7. The Hall–Kier alpha value is 0.280. The number of nitrogens with zero attached hydrogens (tertiary/aromatic N) is 2. The Morgan fingerprint density at radius 3 is 1.15 bits per heavy atom. The summed E-state index contributed by atoms with van der Waals surface area (Å²) in [5.41, 5.74) is 5.60. The Labute approximate surface area is 519 Å². The summed E-state index contributed by atoms with van der Waals surface area (Å²) >= 11 is 0. The minimum Gasteiger partial charge on any atom is -1.00 e. The molecule has 4 nitrogen and oxygen atoms in total. The molecule has 0 N–H and O–H groups in total. The Kier molecular flexibility index (Phi) is 26.4. The van der Waals surface area contributed by atoms with Gasteiger partial charge in [-0.25, -0.2) is 0 Å². The van der Waals surface area contributed by atoms with Crippen LogP contribution in [0.25, 0.3) is 0 Å². The van der Waals surface area contributed by atoms with Crippen molar-refractivity contribution in [1.29, 1.82) is 0 Å². The smallest absolute Gasteiger partial charge is 0.102 e. The normalized spacial score (nSPS) is 36.5. The molecule has 8 rings (SSSR count). The van der Waals surface area contributed by atoms with E-state index in [-0.39, 0.29) is 34.0 Å². The monoisotopic (exact) mass is 1240 g/mol. The molecule has 8 aliphatic carbocycles. The molecule has 0 radical (unpaired) electrons. The Morgan fingerprint density at radius 2 is 0.787 bits per heavy atom. The van der Waals surface area contributed by atoms with Crippen molar-refractivity contribution in [2.45, 2.75) is 287 Å². The average Bonchev–Trinajstić information content (AvgIpc) is 4.13. The number of likely N-dealkylation sites (N-methyl/N-ethyl adjacent to an activating group) is 2. The first kappa shape index (κ1) is 69.4. The molecule has 6 saturated carbocycles. The molecular formula is C74H134Br2N2O2. The average molecular weight is 1240 g/mol. The van der Waals surface area contributed by atoms with Gasteiger partial charge in [-0.2, -0.15) is 0 Å². The summed E-state index contributed by atoms with van der Waals surface area (Å²) in [6.07, 6.45) is 51.4. The molecule has 0 bridgehead atoms. The summed E-state index contributed by atoms with van der Waals surface area (Å²) in [4.78, 5) is 0. The lowest BCUT2D eigenvalue weighted by Crippen LogP contribution is -3.00. The highest BCUT2D eigenvalue weighted by atomic mass is 79.9. The molecule has 6 heteroatoms. The molecule has 0 aromatic carbocycles. The molecule has 80 heavy (non-hydrogen) atoms. The quantitative estimate of drug-likeness (QED) is 0.0391. The third-order valence-corrected chi connectivity index (χ3v) is 26.4. The first-order valence-corrected chi connectivity index (χ1v) is 35.3. The van der Waals surface area contributed by atoms with E-state index >= 15 is 0 Å². The van der Waals surface area contributed by atoms with Gasteiger partial charge in [0.15, 0.2) is 0 Å². The minimum atomic E-state index is 0. The van der Waals surface area contributed by atoms with Crippen LogP contribution >= 0.6 is 0 Å². The van der Waals surface area contributed by atoms with Crippen LogP contribution in [0.1, 0.15) is 275 Å². The number of ether oxygens (including phenoxy) is 2. The highest BCUT2D eigenvalue weighted by Crippen LogP contribution is 2.69. The number of rotatable bonds is 31. The van der Waals surface area contributed by atoms with E-state index in [0.29, 0.717) is 33.9 Å². The molecule has 0 aliphatic heterocycles. The minimum absolute atomic E-state index is 0. The lowest BCUT2D eigenvalue weighted by Gasteiger charge is -2.58. The molecule has 0 amide bonds. The van der Waals surface area contributed by atoms with Crippen LogP contribution in [0, 0.1) is 92.7 Å². The Bertz CT molecular complexity index is 1780. The number of unbranched alkanes of at least 4 members (excludes halogenated alkanes) is 9. The highest BCUT2D eigenvalue weighted by Gasteiger charge is 2.61. The van der Waals surface area contributed by atoms with Crippen molar-refractivity contribution < 1.29 is 52.4 Å². The fourth-order valence-electron chi connectivity index (χ4n) is 21.2. The van der Waals surface area contributed by atoms with Crippen LogP contribution in [0.3, 0.4) is 0 Å². The zero-order chi connectivity index (χ0) is 55.9. The third-order valence-electron chi connectivity index (χ3n) is 26.4. The van der Waals surface area contributed by atoms with E-state index in [0.717, 1.165) is 106 Å². The molecule has 0 aromatic rings. The van der Waals surface area contributed by atoms with Gasteiger partial charge in [0.05, 0.1) is 66.7 Å². The molecule has 0 unspecified atom stereocenters. The van der Waals surface area contributed by atoms with E-state index < -0.39 is 0 Å². The van der Waals surface area contributed by atoms with E-state index in [1.807, 2.05) is 0 Å². The van der Waals surface area contributed by atoms with E-state index in [4.69, 9.17) is 9.47 Å². The van der Waals surface area contributed by atoms with E-state index in [1.165, 1.54) is 219 Å². The second-order valence-corrected chi connectivity index (χ2v) is 33.4. The van der Waals surface area contributed by atoms with Crippen LogP contribution in [0.2, 0.25) is 0 Å². The molecule has 0 spiro atoms. The Morgan fingerprint density at radius 1 is 0.425 bits per heavy atom. The standard InChI is InChI=1S/C74H134N2O2.2BrH/c1-55(2)27-25-29-57(5)65-35-37-67-63-33-31-59-53-61(39-43-71(59,7)69(63)41-45-73(65,67)9)77-51-49-75(11,12)47-23-21-19-17-15-16-18-20-22-24-48-76(13,14)50-52-78-62-40-44-72(8)60(54-62)32-34-64-68-38-36-66(58(6)30-26-28-56(3)4)74(68,10)46-42-70(64)72;;/h31-32,55-58,61-70H,15-30,33-54H2,1-14H3;2*1H/q+2;;/p-2/t57-,58-,61+,62+,63+,64+,65-,66-,67+,68+,69+,70+,71+,72+,73-,74-;;/m1../s1. The van der Waals surface area contributed by atoms with Crippen molar-refractivity contribution in [2.24, 2.45) is 92.7 Å². The Balaban J connectivity index is 0.00000516. The van der Waals surface area contributed by atoms with Gasteiger partial charge in [0.2, 0.25) is 0 Å². The fraction of sp³-hybridized carbons (Fsp3) is 0.946. The van der Waals surface area contributed by atoms with Gasteiger partial charge in [0, 0.05) is 0 Å². The van der Waals surface area contributed by atoms with Crippen LogP contribution in [0.5, 0.6) is 0 Å². The second-order valence-electron chi connectivity index (χ2n) is 33.4. The number of fused-ring (bicyclic) bond motifs is 10. The van der Waals surface area contributed by atoms with Gasteiger partial charge < -0.3 is 52.4 Å². The van der Waals surface area contributed by atoms with Crippen molar-refractivity contribution in [3.63, 3.8) is 0 Å². The number of hydrogen-bond donors (Lipinski definition) is 0. The van der Waals surface area contributed by atoms with Crippen molar-refractivity contribution >= 4 is 0 Å². The van der Waals surface area contributed by atoms with Crippen LogP contribution in [-0.2, 0) is 9.47 Å². The summed E-state index contributed by atoms with van der Waals surface area (Å²) in [6.45, 7) is 32.5.